The number of imidazole rings is 1. The van der Waals surface area contributed by atoms with E-state index in [0.29, 0.717) is 5.69 Å². The van der Waals surface area contributed by atoms with Crippen LogP contribution in [0.15, 0.2) is 29.4 Å². The maximum Gasteiger partial charge on any atom is 0.250 e. The molecule has 1 saturated heterocycles. The van der Waals surface area contributed by atoms with Gasteiger partial charge in [-0.2, -0.15) is 0 Å². The Morgan fingerprint density at radius 3 is 2.81 bits per heavy atom. The molecule has 0 spiro atoms. The number of aromatic nitrogens is 2. The minimum atomic E-state index is -0.987. The molecule has 8 heteroatoms. The minimum Gasteiger partial charge on any atom is -0.376 e. The van der Waals surface area contributed by atoms with E-state index in [4.69, 9.17) is 9.72 Å². The SMILES string of the molecule is Cc1nc(S[C@@H](C)C(=O)N2c3ccccc3NC(=O)C2(C)C)n(C[C@@H]2CCCO2)c1C. The maximum absolute atomic E-state index is 13.6. The fourth-order valence-corrected chi connectivity index (χ4v) is 5.21. The van der Waals surface area contributed by atoms with E-state index >= 15 is 0 Å². The van der Waals surface area contributed by atoms with Crippen LogP contribution in [-0.4, -0.2) is 44.9 Å². The van der Waals surface area contributed by atoms with Crippen LogP contribution in [0, 0.1) is 13.8 Å². The van der Waals surface area contributed by atoms with Crippen molar-refractivity contribution in [1.82, 2.24) is 9.55 Å². The lowest BCUT2D eigenvalue weighted by molar-refractivity contribution is -0.126. The van der Waals surface area contributed by atoms with Crippen molar-refractivity contribution in [2.75, 3.05) is 16.8 Å². The van der Waals surface area contributed by atoms with Gasteiger partial charge in [0.2, 0.25) is 11.8 Å². The third-order valence-electron chi connectivity index (χ3n) is 6.19. The number of benzene rings is 1. The van der Waals surface area contributed by atoms with E-state index in [1.54, 1.807) is 18.7 Å². The van der Waals surface area contributed by atoms with Crippen LogP contribution in [0.2, 0.25) is 0 Å². The van der Waals surface area contributed by atoms with E-state index < -0.39 is 10.8 Å². The molecule has 0 unspecified atom stereocenters. The number of anilines is 2. The first-order chi connectivity index (χ1) is 14.7. The topological polar surface area (TPSA) is 76.5 Å². The molecule has 0 saturated carbocycles. The summed E-state index contributed by atoms with van der Waals surface area (Å²) in [6, 6.07) is 7.43. The summed E-state index contributed by atoms with van der Waals surface area (Å²) in [5, 5.41) is 3.32. The van der Waals surface area contributed by atoms with Gasteiger partial charge in [0.1, 0.15) is 5.54 Å². The van der Waals surface area contributed by atoms with E-state index in [-0.39, 0.29) is 17.9 Å². The first kappa shape index (κ1) is 21.9. The molecule has 1 aromatic carbocycles. The molecule has 2 aliphatic rings. The Kier molecular flexibility index (Phi) is 5.87. The lowest BCUT2D eigenvalue weighted by Crippen LogP contribution is -2.60. The predicted molar refractivity (Wildman–Crippen MR) is 123 cm³/mol. The smallest absolute Gasteiger partial charge is 0.250 e. The summed E-state index contributed by atoms with van der Waals surface area (Å²) in [6.45, 7) is 11.0. The molecule has 2 atom stereocenters. The molecule has 4 rings (SSSR count). The van der Waals surface area contributed by atoms with Gasteiger partial charge in [-0.15, -0.1) is 0 Å². The molecule has 0 aliphatic carbocycles. The van der Waals surface area contributed by atoms with Crippen LogP contribution in [0.25, 0.3) is 0 Å². The van der Waals surface area contributed by atoms with Crippen molar-refractivity contribution in [3.8, 4) is 0 Å². The number of carbonyl (C=O) groups excluding carboxylic acids is 2. The number of hydrogen-bond acceptors (Lipinski definition) is 5. The summed E-state index contributed by atoms with van der Waals surface area (Å²) in [7, 11) is 0. The van der Waals surface area contributed by atoms with Gasteiger partial charge in [0.25, 0.3) is 0 Å². The summed E-state index contributed by atoms with van der Waals surface area (Å²) >= 11 is 1.44. The fourth-order valence-electron chi connectivity index (χ4n) is 4.16. The van der Waals surface area contributed by atoms with Crippen molar-refractivity contribution in [2.45, 2.75) is 76.1 Å². The molecule has 2 amide bonds. The molecular weight excluding hydrogens is 412 g/mol. The molecule has 3 heterocycles. The molecule has 0 bridgehead atoms. The lowest BCUT2D eigenvalue weighted by atomic mass is 9.96. The average molecular weight is 443 g/mol. The Bertz CT molecular complexity index is 1010. The zero-order chi connectivity index (χ0) is 22.3. The lowest BCUT2D eigenvalue weighted by Gasteiger charge is -2.43. The van der Waals surface area contributed by atoms with Crippen molar-refractivity contribution in [3.05, 3.63) is 35.7 Å². The Morgan fingerprint density at radius 2 is 2.10 bits per heavy atom. The molecule has 2 aliphatic heterocycles. The van der Waals surface area contributed by atoms with Crippen LogP contribution in [0.4, 0.5) is 11.4 Å². The van der Waals surface area contributed by atoms with Gasteiger partial charge in [-0.25, -0.2) is 4.98 Å². The van der Waals surface area contributed by atoms with Gasteiger partial charge in [0, 0.05) is 12.3 Å². The van der Waals surface area contributed by atoms with Crippen LogP contribution in [0.1, 0.15) is 45.0 Å². The van der Waals surface area contributed by atoms with Crippen molar-refractivity contribution >= 4 is 35.0 Å². The highest BCUT2D eigenvalue weighted by Crippen LogP contribution is 2.39. The number of para-hydroxylation sites is 2. The van der Waals surface area contributed by atoms with Crippen LogP contribution in [-0.2, 0) is 20.9 Å². The number of fused-ring (bicyclic) bond motifs is 1. The molecule has 7 nitrogen and oxygen atoms in total. The second kappa shape index (κ2) is 8.31. The molecule has 1 aromatic heterocycles. The third-order valence-corrected chi connectivity index (χ3v) is 7.27. The molecule has 1 N–H and O–H groups in total. The summed E-state index contributed by atoms with van der Waals surface area (Å²) < 4.78 is 7.99. The zero-order valence-corrected chi connectivity index (χ0v) is 19.6. The van der Waals surface area contributed by atoms with Gasteiger partial charge in [0.05, 0.1) is 35.0 Å². The molecule has 31 heavy (non-hydrogen) atoms. The van der Waals surface area contributed by atoms with Crippen molar-refractivity contribution in [1.29, 1.82) is 0 Å². The monoisotopic (exact) mass is 442 g/mol. The molecular formula is C23H30N4O3S. The average Bonchev–Trinajstić information content (AvgIpc) is 3.32. The Morgan fingerprint density at radius 1 is 1.35 bits per heavy atom. The van der Waals surface area contributed by atoms with Crippen LogP contribution in [0.3, 0.4) is 0 Å². The summed E-state index contributed by atoms with van der Waals surface area (Å²) in [6.07, 6.45) is 2.32. The van der Waals surface area contributed by atoms with Crippen molar-refractivity contribution < 1.29 is 14.3 Å². The van der Waals surface area contributed by atoms with E-state index in [2.05, 4.69) is 16.8 Å². The van der Waals surface area contributed by atoms with E-state index in [9.17, 15) is 9.59 Å². The third kappa shape index (κ3) is 3.99. The number of thioether (sulfide) groups is 1. The number of ether oxygens (including phenoxy) is 1. The van der Waals surface area contributed by atoms with Gasteiger partial charge >= 0.3 is 0 Å². The quantitative estimate of drug-likeness (QED) is 0.710. The molecule has 1 fully saturated rings. The highest BCUT2D eigenvalue weighted by molar-refractivity contribution is 8.00. The summed E-state index contributed by atoms with van der Waals surface area (Å²) in [5.41, 5.74) is 2.45. The van der Waals surface area contributed by atoms with Crippen LogP contribution >= 0.6 is 11.8 Å². The second-order valence-corrected chi connectivity index (χ2v) is 10.1. The highest BCUT2D eigenvalue weighted by atomic mass is 32.2. The largest absolute Gasteiger partial charge is 0.376 e. The van der Waals surface area contributed by atoms with Crippen molar-refractivity contribution in [3.63, 3.8) is 0 Å². The molecule has 0 radical (unpaired) electrons. The Hall–Kier alpha value is -2.32. The number of carbonyl (C=O) groups is 2. The minimum absolute atomic E-state index is 0.112. The number of hydrogen-bond donors (Lipinski definition) is 1. The first-order valence-corrected chi connectivity index (χ1v) is 11.6. The van der Waals surface area contributed by atoms with Crippen LogP contribution < -0.4 is 10.2 Å². The highest BCUT2D eigenvalue weighted by Gasteiger charge is 2.45. The first-order valence-electron chi connectivity index (χ1n) is 10.8. The number of nitrogens with one attached hydrogen (secondary N) is 1. The van der Waals surface area contributed by atoms with Gasteiger partial charge < -0.3 is 14.6 Å². The van der Waals surface area contributed by atoms with Gasteiger partial charge in [-0.1, -0.05) is 23.9 Å². The molecule has 2 aromatic rings. The normalized spacial score (nSPS) is 21.0. The second-order valence-electron chi connectivity index (χ2n) is 8.77. The van der Waals surface area contributed by atoms with Gasteiger partial charge in [0.15, 0.2) is 5.16 Å². The summed E-state index contributed by atoms with van der Waals surface area (Å²) in [5.74, 6) is -0.303. The van der Waals surface area contributed by atoms with Crippen LogP contribution in [0.5, 0.6) is 0 Å². The van der Waals surface area contributed by atoms with Gasteiger partial charge in [-0.3, -0.25) is 14.5 Å². The zero-order valence-electron chi connectivity index (χ0n) is 18.8. The fraction of sp³-hybridized carbons (Fsp3) is 0.522. The number of nitrogens with zero attached hydrogens (tertiary/aromatic N) is 3. The number of rotatable bonds is 5. The van der Waals surface area contributed by atoms with E-state index in [0.717, 1.165) is 48.2 Å². The molecule has 166 valence electrons. The Labute approximate surface area is 187 Å². The van der Waals surface area contributed by atoms with E-state index in [1.807, 2.05) is 38.1 Å². The predicted octanol–water partition coefficient (Wildman–Crippen LogP) is 3.92. The Balaban J connectivity index is 1.61. The standard InChI is InChI=1S/C23H30N4O3S/c1-14-15(2)26(13-17-9-8-12-30-17)22(24-14)31-16(3)20(28)27-19-11-7-6-10-18(19)25-21(29)23(27,4)5/h6-7,10-11,16-17H,8-9,12-13H2,1-5H3,(H,25,29)/t16-,17-/m0/s1. The number of aryl methyl sites for hydroxylation is 1. The van der Waals surface area contributed by atoms with Gasteiger partial charge in [-0.05, 0) is 59.6 Å². The summed E-state index contributed by atoms with van der Waals surface area (Å²) in [4.78, 5) is 32.7. The van der Waals surface area contributed by atoms with E-state index in [1.165, 1.54) is 11.8 Å². The maximum atomic E-state index is 13.6. The van der Waals surface area contributed by atoms with Crippen molar-refractivity contribution in [2.24, 2.45) is 0 Å². The number of amides is 2.